The first kappa shape index (κ1) is 17.7. The summed E-state index contributed by atoms with van der Waals surface area (Å²) in [5.74, 6) is 0. The fourth-order valence-corrected chi connectivity index (χ4v) is 4.41. The maximum absolute atomic E-state index is 6.17. The number of aromatic nitrogens is 1. The van der Waals surface area contributed by atoms with Gasteiger partial charge < -0.3 is 13.9 Å². The number of hydrogen-bond acceptors (Lipinski definition) is 5. The number of piperidine rings is 1. The second-order valence-electron chi connectivity index (χ2n) is 7.72. The summed E-state index contributed by atoms with van der Waals surface area (Å²) in [6.45, 7) is 7.22. The zero-order chi connectivity index (χ0) is 17.8. The van der Waals surface area contributed by atoms with E-state index in [1.165, 1.54) is 12.0 Å². The number of furan rings is 1. The van der Waals surface area contributed by atoms with Crippen LogP contribution < -0.4 is 0 Å². The average molecular weight is 356 g/mol. The molecule has 0 amide bonds. The van der Waals surface area contributed by atoms with E-state index in [2.05, 4.69) is 16.0 Å². The number of ether oxygens (including phenoxy) is 2. The van der Waals surface area contributed by atoms with E-state index in [-0.39, 0.29) is 5.41 Å². The first-order valence-corrected chi connectivity index (χ1v) is 9.59. The van der Waals surface area contributed by atoms with Crippen LogP contribution in [0.1, 0.15) is 36.2 Å². The molecular weight excluding hydrogens is 328 g/mol. The van der Waals surface area contributed by atoms with Gasteiger partial charge in [-0.25, -0.2) is 0 Å². The molecule has 2 aromatic heterocycles. The Bertz CT molecular complexity index is 703. The molecule has 2 aliphatic heterocycles. The summed E-state index contributed by atoms with van der Waals surface area (Å²) in [6.07, 6.45) is 7.25. The fraction of sp³-hybridized carbons (Fsp3) is 0.571. The SMILES string of the molecule is Cc1cccc(COC[C@]23CCCO[C@H]2CCN(Cc2ccoc2)C3)n1. The smallest absolute Gasteiger partial charge is 0.0947 e. The molecule has 0 bridgehead atoms. The average Bonchev–Trinajstić information content (AvgIpc) is 3.14. The number of likely N-dealkylation sites (tertiary alicyclic amines) is 1. The van der Waals surface area contributed by atoms with Gasteiger partial charge in [-0.1, -0.05) is 6.07 Å². The van der Waals surface area contributed by atoms with E-state index in [0.29, 0.717) is 12.7 Å². The van der Waals surface area contributed by atoms with Gasteiger partial charge in [-0.2, -0.15) is 0 Å². The number of nitrogens with zero attached hydrogens (tertiary/aromatic N) is 2. The van der Waals surface area contributed by atoms with Crippen LogP contribution in [0.4, 0.5) is 0 Å². The summed E-state index contributed by atoms with van der Waals surface area (Å²) in [6, 6.07) is 8.14. The highest BCUT2D eigenvalue weighted by Crippen LogP contribution is 2.41. The molecule has 0 radical (unpaired) electrons. The maximum atomic E-state index is 6.17. The van der Waals surface area contributed by atoms with Gasteiger partial charge in [0.2, 0.25) is 0 Å². The molecule has 0 aliphatic carbocycles. The van der Waals surface area contributed by atoms with Crippen LogP contribution in [0.2, 0.25) is 0 Å². The zero-order valence-corrected chi connectivity index (χ0v) is 15.5. The van der Waals surface area contributed by atoms with Gasteiger partial charge in [0.1, 0.15) is 0 Å². The quantitative estimate of drug-likeness (QED) is 0.792. The number of pyridine rings is 1. The molecule has 0 N–H and O–H groups in total. The first-order chi connectivity index (χ1) is 12.7. The lowest BCUT2D eigenvalue weighted by Crippen LogP contribution is -2.56. The lowest BCUT2D eigenvalue weighted by molar-refractivity contribution is -0.156. The standard InChI is InChI=1S/C21H28N2O3/c1-17-4-2-5-19(22-17)14-25-16-21-8-3-10-26-20(21)6-9-23(15-21)12-18-7-11-24-13-18/h2,4-5,7,11,13,20H,3,6,8-10,12,14-16H2,1H3/t20-,21+/m0/s1. The molecule has 2 saturated heterocycles. The van der Waals surface area contributed by atoms with E-state index >= 15 is 0 Å². The highest BCUT2D eigenvalue weighted by Gasteiger charge is 2.46. The Labute approximate surface area is 155 Å². The van der Waals surface area contributed by atoms with E-state index < -0.39 is 0 Å². The molecule has 0 spiro atoms. The number of aryl methyl sites for hydroxylation is 1. The normalized spacial score (nSPS) is 26.6. The second-order valence-corrected chi connectivity index (χ2v) is 7.72. The summed E-state index contributed by atoms with van der Waals surface area (Å²) < 4.78 is 17.5. The van der Waals surface area contributed by atoms with Crippen LogP contribution in [-0.2, 0) is 22.6 Å². The van der Waals surface area contributed by atoms with Gasteiger partial charge >= 0.3 is 0 Å². The van der Waals surface area contributed by atoms with Gasteiger partial charge in [0.25, 0.3) is 0 Å². The summed E-state index contributed by atoms with van der Waals surface area (Å²) >= 11 is 0. The first-order valence-electron chi connectivity index (χ1n) is 9.59. The molecule has 26 heavy (non-hydrogen) atoms. The van der Waals surface area contributed by atoms with E-state index in [1.807, 2.05) is 31.4 Å². The Kier molecular flexibility index (Phi) is 5.38. The Morgan fingerprint density at radius 3 is 3.15 bits per heavy atom. The van der Waals surface area contributed by atoms with Crippen molar-refractivity contribution in [1.29, 1.82) is 0 Å². The van der Waals surface area contributed by atoms with Crippen molar-refractivity contribution >= 4 is 0 Å². The van der Waals surface area contributed by atoms with Crippen molar-refractivity contribution in [3.05, 3.63) is 53.7 Å². The molecule has 0 saturated carbocycles. The molecule has 2 aliphatic rings. The molecule has 2 fully saturated rings. The highest BCUT2D eigenvalue weighted by molar-refractivity contribution is 5.09. The van der Waals surface area contributed by atoms with Crippen molar-refractivity contribution in [2.45, 2.75) is 45.4 Å². The lowest BCUT2D eigenvalue weighted by Gasteiger charge is -2.50. The molecule has 2 aromatic rings. The molecule has 5 heteroatoms. The van der Waals surface area contributed by atoms with Gasteiger partial charge in [-0.3, -0.25) is 9.88 Å². The predicted molar refractivity (Wildman–Crippen MR) is 98.6 cm³/mol. The third-order valence-electron chi connectivity index (χ3n) is 5.64. The lowest BCUT2D eigenvalue weighted by atomic mass is 9.73. The molecule has 0 aromatic carbocycles. The minimum Gasteiger partial charge on any atom is -0.472 e. The summed E-state index contributed by atoms with van der Waals surface area (Å²) in [7, 11) is 0. The Morgan fingerprint density at radius 1 is 1.35 bits per heavy atom. The molecule has 4 heterocycles. The molecule has 4 rings (SSSR count). The largest absolute Gasteiger partial charge is 0.472 e. The Balaban J connectivity index is 1.40. The third-order valence-corrected chi connectivity index (χ3v) is 5.64. The highest BCUT2D eigenvalue weighted by atomic mass is 16.5. The van der Waals surface area contributed by atoms with E-state index in [4.69, 9.17) is 13.9 Å². The van der Waals surface area contributed by atoms with Gasteiger partial charge in [0.05, 0.1) is 37.5 Å². The summed E-state index contributed by atoms with van der Waals surface area (Å²) in [4.78, 5) is 7.06. The van der Waals surface area contributed by atoms with Gasteiger partial charge in [0, 0.05) is 42.9 Å². The predicted octanol–water partition coefficient (Wildman–Crippen LogP) is 3.57. The molecule has 0 unspecified atom stereocenters. The van der Waals surface area contributed by atoms with Crippen LogP contribution >= 0.6 is 0 Å². The van der Waals surface area contributed by atoms with Crippen molar-refractivity contribution in [3.63, 3.8) is 0 Å². The van der Waals surface area contributed by atoms with E-state index in [1.54, 1.807) is 6.26 Å². The maximum Gasteiger partial charge on any atom is 0.0947 e. The third kappa shape index (κ3) is 4.00. The topological polar surface area (TPSA) is 47.7 Å². The van der Waals surface area contributed by atoms with Crippen LogP contribution in [-0.4, -0.2) is 42.3 Å². The second kappa shape index (κ2) is 7.91. The zero-order valence-electron chi connectivity index (χ0n) is 15.5. The van der Waals surface area contributed by atoms with Crippen LogP contribution in [0.25, 0.3) is 0 Å². The van der Waals surface area contributed by atoms with E-state index in [9.17, 15) is 0 Å². The molecular formula is C21H28N2O3. The molecule has 5 nitrogen and oxygen atoms in total. The minimum atomic E-state index is 0.0874. The van der Waals surface area contributed by atoms with Crippen LogP contribution in [0, 0.1) is 12.3 Å². The fourth-order valence-electron chi connectivity index (χ4n) is 4.41. The van der Waals surface area contributed by atoms with Crippen molar-refractivity contribution in [2.24, 2.45) is 5.41 Å². The van der Waals surface area contributed by atoms with Crippen LogP contribution in [0.5, 0.6) is 0 Å². The molecule has 2 atom stereocenters. The summed E-state index contributed by atoms with van der Waals surface area (Å²) in [5, 5.41) is 0. The van der Waals surface area contributed by atoms with Gasteiger partial charge in [-0.15, -0.1) is 0 Å². The van der Waals surface area contributed by atoms with Crippen molar-refractivity contribution in [2.75, 3.05) is 26.3 Å². The number of hydrogen-bond donors (Lipinski definition) is 0. The monoisotopic (exact) mass is 356 g/mol. The summed E-state index contributed by atoms with van der Waals surface area (Å²) in [5.41, 5.74) is 3.36. The number of rotatable bonds is 6. The molecule has 140 valence electrons. The Hall–Kier alpha value is -1.69. The Morgan fingerprint density at radius 2 is 2.31 bits per heavy atom. The number of fused-ring (bicyclic) bond motifs is 1. The van der Waals surface area contributed by atoms with Gasteiger partial charge in [0.15, 0.2) is 0 Å². The van der Waals surface area contributed by atoms with Gasteiger partial charge in [-0.05, 0) is 44.4 Å². The van der Waals surface area contributed by atoms with Crippen LogP contribution in [0.15, 0.2) is 41.2 Å². The van der Waals surface area contributed by atoms with Crippen molar-refractivity contribution < 1.29 is 13.9 Å². The van der Waals surface area contributed by atoms with E-state index in [0.717, 1.165) is 57.1 Å². The van der Waals surface area contributed by atoms with Crippen molar-refractivity contribution in [3.8, 4) is 0 Å². The van der Waals surface area contributed by atoms with Crippen molar-refractivity contribution in [1.82, 2.24) is 9.88 Å². The minimum absolute atomic E-state index is 0.0874. The van der Waals surface area contributed by atoms with Crippen LogP contribution in [0.3, 0.4) is 0 Å².